The van der Waals surface area contributed by atoms with Crippen molar-refractivity contribution in [3.8, 4) is 5.75 Å². The second-order valence-corrected chi connectivity index (χ2v) is 6.22. The Morgan fingerprint density at radius 2 is 2.05 bits per heavy atom. The topological polar surface area (TPSA) is 53.6 Å². The minimum absolute atomic E-state index is 0.0782. The lowest BCUT2D eigenvalue weighted by Gasteiger charge is -2.51. The zero-order chi connectivity index (χ0) is 15.9. The Morgan fingerprint density at radius 3 is 2.73 bits per heavy atom. The van der Waals surface area contributed by atoms with Crippen LogP contribution < -0.4 is 15.4 Å². The summed E-state index contributed by atoms with van der Waals surface area (Å²) in [4.78, 5) is 14.9. The number of rotatable bonds is 3. The molecule has 3 atom stereocenters. The first kappa shape index (κ1) is 15.1. The molecule has 5 nitrogen and oxygen atoms in total. The largest absolute Gasteiger partial charge is 0.467 e. The lowest BCUT2D eigenvalue weighted by Crippen LogP contribution is -2.71. The van der Waals surface area contributed by atoms with Crippen molar-refractivity contribution in [2.24, 2.45) is 5.92 Å². The van der Waals surface area contributed by atoms with E-state index in [1.165, 1.54) is 0 Å². The minimum atomic E-state index is -0.832. The molecule has 2 aliphatic rings. The van der Waals surface area contributed by atoms with Gasteiger partial charge in [0.25, 0.3) is 0 Å². The van der Waals surface area contributed by atoms with E-state index in [-0.39, 0.29) is 17.9 Å². The molecule has 1 aromatic carbocycles. The van der Waals surface area contributed by atoms with Gasteiger partial charge in [-0.2, -0.15) is 0 Å². The Balaban J connectivity index is 2.07. The summed E-state index contributed by atoms with van der Waals surface area (Å²) in [5, 5.41) is 6.92. The van der Waals surface area contributed by atoms with E-state index in [0.717, 1.165) is 11.3 Å². The Bertz CT molecular complexity index is 617. The summed E-state index contributed by atoms with van der Waals surface area (Å²) < 4.78 is 6.15. The minimum Gasteiger partial charge on any atom is -0.467 e. The number of benzene rings is 1. The second-order valence-electron chi connectivity index (χ2n) is 5.81. The van der Waals surface area contributed by atoms with Crippen LogP contribution in [0.5, 0.6) is 5.75 Å². The van der Waals surface area contributed by atoms with Gasteiger partial charge in [-0.3, -0.25) is 4.79 Å². The van der Waals surface area contributed by atoms with Gasteiger partial charge in [-0.1, -0.05) is 18.2 Å². The highest BCUT2D eigenvalue weighted by Gasteiger charge is 2.55. The number of para-hydroxylation sites is 1. The number of carbonyl (C=O) groups is 1. The lowest BCUT2D eigenvalue weighted by atomic mass is 9.79. The van der Waals surface area contributed by atoms with Crippen molar-refractivity contribution in [1.82, 2.24) is 15.5 Å². The SMILES string of the molecule is CCN(CC)C(=O)C1C2NC(=S)NC1(C)Oc1ccccc12. The fraction of sp³-hybridized carbons (Fsp3) is 0.500. The Morgan fingerprint density at radius 1 is 1.36 bits per heavy atom. The number of nitrogens with one attached hydrogen (secondary N) is 2. The number of carbonyl (C=O) groups excluding carboxylic acids is 1. The molecule has 22 heavy (non-hydrogen) atoms. The van der Waals surface area contributed by atoms with Crippen LogP contribution >= 0.6 is 12.2 Å². The summed E-state index contributed by atoms with van der Waals surface area (Å²) >= 11 is 5.30. The molecule has 1 fully saturated rings. The third kappa shape index (κ3) is 2.22. The molecule has 1 saturated heterocycles. The predicted molar refractivity (Wildman–Crippen MR) is 88.5 cm³/mol. The van der Waals surface area contributed by atoms with Gasteiger partial charge >= 0.3 is 0 Å². The molecular weight excluding hydrogens is 298 g/mol. The molecule has 2 bridgehead atoms. The third-order valence-corrected chi connectivity index (χ3v) is 4.71. The fourth-order valence-electron chi connectivity index (χ4n) is 3.40. The summed E-state index contributed by atoms with van der Waals surface area (Å²) in [5.74, 6) is 0.504. The fourth-order valence-corrected chi connectivity index (χ4v) is 3.73. The number of fused-ring (bicyclic) bond motifs is 4. The molecule has 0 aromatic heterocycles. The number of hydrogen-bond donors (Lipinski definition) is 2. The molecule has 2 aliphatic heterocycles. The van der Waals surface area contributed by atoms with E-state index in [1.54, 1.807) is 0 Å². The van der Waals surface area contributed by atoms with Gasteiger partial charge in [0.15, 0.2) is 10.8 Å². The second kappa shape index (κ2) is 5.43. The summed E-state index contributed by atoms with van der Waals surface area (Å²) in [6, 6.07) is 7.63. The van der Waals surface area contributed by atoms with Gasteiger partial charge in [0.1, 0.15) is 11.7 Å². The molecule has 0 spiro atoms. The van der Waals surface area contributed by atoms with Crippen LogP contribution in [0, 0.1) is 5.92 Å². The molecule has 6 heteroatoms. The van der Waals surface area contributed by atoms with Crippen molar-refractivity contribution in [3.05, 3.63) is 29.8 Å². The summed E-state index contributed by atoms with van der Waals surface area (Å²) in [6.07, 6.45) is 0. The highest BCUT2D eigenvalue weighted by Crippen LogP contribution is 2.45. The van der Waals surface area contributed by atoms with Gasteiger partial charge in [-0.15, -0.1) is 0 Å². The molecule has 3 unspecified atom stereocenters. The van der Waals surface area contributed by atoms with E-state index in [2.05, 4.69) is 10.6 Å². The molecule has 2 heterocycles. The van der Waals surface area contributed by atoms with Crippen molar-refractivity contribution < 1.29 is 9.53 Å². The van der Waals surface area contributed by atoms with E-state index in [9.17, 15) is 4.79 Å². The standard InChI is InChI=1S/C16H21N3O2S/c1-4-19(5-2)14(20)12-13-10-8-6-7-9-11(10)21-16(12,3)18-15(22)17-13/h6-9,12-13H,4-5H2,1-3H3,(H2,17,18,22). The van der Waals surface area contributed by atoms with Crippen molar-refractivity contribution in [3.63, 3.8) is 0 Å². The summed E-state index contributed by atoms with van der Waals surface area (Å²) in [7, 11) is 0. The Labute approximate surface area is 136 Å². The molecule has 0 radical (unpaired) electrons. The van der Waals surface area contributed by atoms with Gasteiger partial charge in [0, 0.05) is 18.7 Å². The molecule has 3 rings (SSSR count). The van der Waals surface area contributed by atoms with Gasteiger partial charge in [-0.25, -0.2) is 0 Å². The van der Waals surface area contributed by atoms with Crippen LogP contribution in [-0.4, -0.2) is 34.7 Å². The highest BCUT2D eigenvalue weighted by molar-refractivity contribution is 7.80. The number of amides is 1. The van der Waals surface area contributed by atoms with E-state index >= 15 is 0 Å². The Kier molecular flexibility index (Phi) is 3.72. The number of hydrogen-bond acceptors (Lipinski definition) is 3. The van der Waals surface area contributed by atoms with Crippen molar-refractivity contribution in [2.75, 3.05) is 13.1 Å². The third-order valence-electron chi connectivity index (χ3n) is 4.49. The van der Waals surface area contributed by atoms with Crippen LogP contribution in [0.25, 0.3) is 0 Å². The quantitative estimate of drug-likeness (QED) is 0.832. The van der Waals surface area contributed by atoms with Crippen molar-refractivity contribution >= 4 is 23.2 Å². The van der Waals surface area contributed by atoms with Crippen LogP contribution in [0.4, 0.5) is 0 Å². The molecule has 0 saturated carbocycles. The summed E-state index contributed by atoms with van der Waals surface area (Å²) in [6.45, 7) is 7.24. The average Bonchev–Trinajstić information content (AvgIpc) is 2.46. The first-order valence-electron chi connectivity index (χ1n) is 7.65. The van der Waals surface area contributed by atoms with Crippen molar-refractivity contribution in [1.29, 1.82) is 0 Å². The maximum atomic E-state index is 13.0. The van der Waals surface area contributed by atoms with Crippen LogP contribution in [0.1, 0.15) is 32.4 Å². The zero-order valence-corrected chi connectivity index (χ0v) is 13.9. The monoisotopic (exact) mass is 319 g/mol. The average molecular weight is 319 g/mol. The Hall–Kier alpha value is -1.82. The van der Waals surface area contributed by atoms with E-state index in [4.69, 9.17) is 17.0 Å². The zero-order valence-electron chi connectivity index (χ0n) is 13.1. The number of ether oxygens (including phenoxy) is 1. The molecule has 1 aromatic rings. The smallest absolute Gasteiger partial charge is 0.234 e. The lowest BCUT2D eigenvalue weighted by molar-refractivity contribution is -0.148. The van der Waals surface area contributed by atoms with Crippen LogP contribution in [0.15, 0.2) is 24.3 Å². The van der Waals surface area contributed by atoms with E-state index in [1.807, 2.05) is 49.9 Å². The van der Waals surface area contributed by atoms with E-state index in [0.29, 0.717) is 18.2 Å². The highest BCUT2D eigenvalue weighted by atomic mass is 32.1. The van der Waals surface area contributed by atoms with Crippen LogP contribution in [0.2, 0.25) is 0 Å². The maximum absolute atomic E-state index is 13.0. The molecule has 1 amide bonds. The molecule has 0 aliphatic carbocycles. The summed E-state index contributed by atoms with van der Waals surface area (Å²) in [5.41, 5.74) is 0.149. The first-order valence-corrected chi connectivity index (χ1v) is 8.06. The van der Waals surface area contributed by atoms with E-state index < -0.39 is 5.72 Å². The van der Waals surface area contributed by atoms with Gasteiger partial charge in [0.05, 0.1) is 6.04 Å². The molecule has 2 N–H and O–H groups in total. The van der Waals surface area contributed by atoms with Crippen LogP contribution in [0.3, 0.4) is 0 Å². The van der Waals surface area contributed by atoms with Gasteiger partial charge < -0.3 is 20.3 Å². The predicted octanol–water partition coefficient (Wildman–Crippen LogP) is 1.80. The van der Waals surface area contributed by atoms with Crippen LogP contribution in [-0.2, 0) is 4.79 Å². The normalized spacial score (nSPS) is 28.8. The van der Waals surface area contributed by atoms with Crippen molar-refractivity contribution in [2.45, 2.75) is 32.5 Å². The van der Waals surface area contributed by atoms with Gasteiger partial charge in [-0.05, 0) is 39.1 Å². The number of thiocarbonyl (C=S) groups is 1. The first-order chi connectivity index (χ1) is 10.5. The number of nitrogens with zero attached hydrogens (tertiary/aromatic N) is 1. The molecule has 118 valence electrons. The van der Waals surface area contributed by atoms with Gasteiger partial charge in [0.2, 0.25) is 5.91 Å². The molecular formula is C16H21N3O2S. The maximum Gasteiger partial charge on any atom is 0.234 e.